The number of nitrogens with zero attached hydrogens (tertiary/aromatic N) is 4. The van der Waals surface area contributed by atoms with Gasteiger partial charge in [0.05, 0.1) is 5.69 Å². The van der Waals surface area contributed by atoms with Gasteiger partial charge in [-0.25, -0.2) is 9.98 Å². The van der Waals surface area contributed by atoms with Crippen molar-refractivity contribution < 1.29 is 4.79 Å². The van der Waals surface area contributed by atoms with E-state index in [1.54, 1.807) is 17.1 Å². The summed E-state index contributed by atoms with van der Waals surface area (Å²) in [6, 6.07) is 15.5. The van der Waals surface area contributed by atoms with E-state index in [0.717, 1.165) is 16.8 Å². The number of fused-ring (bicyclic) bond motifs is 1. The Morgan fingerprint density at radius 1 is 1.21 bits per heavy atom. The van der Waals surface area contributed by atoms with Gasteiger partial charge in [-0.2, -0.15) is 5.10 Å². The van der Waals surface area contributed by atoms with Crippen molar-refractivity contribution in [1.82, 2.24) is 14.8 Å². The summed E-state index contributed by atoms with van der Waals surface area (Å²) >= 11 is 0. The fraction of sp³-hybridized carbons (Fsp3) is 0.111. The molecule has 1 amide bonds. The van der Waals surface area contributed by atoms with Crippen LogP contribution in [0, 0.1) is 0 Å². The van der Waals surface area contributed by atoms with Gasteiger partial charge in [0, 0.05) is 36.7 Å². The molecule has 24 heavy (non-hydrogen) atoms. The molecule has 0 saturated carbocycles. The number of carbonyl (C=O) groups excluding carboxylic acids is 1. The number of aryl methyl sites for hydroxylation is 1. The molecule has 1 aliphatic heterocycles. The summed E-state index contributed by atoms with van der Waals surface area (Å²) in [5.74, 6) is 0.759. The van der Waals surface area contributed by atoms with E-state index < -0.39 is 5.92 Å². The maximum Gasteiger partial charge on any atom is 0.238 e. The van der Waals surface area contributed by atoms with Crippen LogP contribution in [0.2, 0.25) is 0 Å². The van der Waals surface area contributed by atoms with Crippen LogP contribution >= 0.6 is 0 Å². The van der Waals surface area contributed by atoms with Crippen molar-refractivity contribution >= 4 is 23.8 Å². The minimum Gasteiger partial charge on any atom is -0.310 e. The van der Waals surface area contributed by atoms with E-state index in [-0.39, 0.29) is 5.91 Å². The van der Waals surface area contributed by atoms with Crippen molar-refractivity contribution in [1.29, 1.82) is 0 Å². The highest BCUT2D eigenvalue weighted by atomic mass is 16.2. The molecule has 0 aliphatic carbocycles. The Balaban J connectivity index is 1.63. The molecule has 1 atom stereocenters. The minimum absolute atomic E-state index is 0.113. The quantitative estimate of drug-likeness (QED) is 0.755. The van der Waals surface area contributed by atoms with Crippen molar-refractivity contribution in [2.24, 2.45) is 12.0 Å². The molecule has 1 N–H and O–H groups in total. The molecule has 1 aromatic carbocycles. The van der Waals surface area contributed by atoms with Gasteiger partial charge in [-0.3, -0.25) is 9.48 Å². The number of aliphatic imine (C=N–C) groups is 1. The van der Waals surface area contributed by atoms with E-state index in [9.17, 15) is 4.79 Å². The maximum absolute atomic E-state index is 12.1. The second-order valence-electron chi connectivity index (χ2n) is 5.56. The molecular weight excluding hydrogens is 302 g/mol. The Morgan fingerprint density at radius 2 is 2.04 bits per heavy atom. The number of hydrogen-bond acceptors (Lipinski definition) is 4. The van der Waals surface area contributed by atoms with Gasteiger partial charge in [0.25, 0.3) is 0 Å². The van der Waals surface area contributed by atoms with E-state index in [4.69, 9.17) is 0 Å². The maximum atomic E-state index is 12.1. The van der Waals surface area contributed by atoms with E-state index in [1.165, 1.54) is 0 Å². The molecule has 2 aromatic heterocycles. The van der Waals surface area contributed by atoms with E-state index in [1.807, 2.05) is 55.6 Å². The minimum atomic E-state index is -0.427. The fourth-order valence-electron chi connectivity index (χ4n) is 2.74. The van der Waals surface area contributed by atoms with Gasteiger partial charge in [0.15, 0.2) is 0 Å². The summed E-state index contributed by atoms with van der Waals surface area (Å²) in [7, 11) is 1.84. The third-order valence-electron chi connectivity index (χ3n) is 3.98. The number of anilines is 1. The van der Waals surface area contributed by atoms with E-state index in [2.05, 4.69) is 20.4 Å². The Hall–Kier alpha value is -3.28. The van der Waals surface area contributed by atoms with Crippen molar-refractivity contribution in [2.75, 3.05) is 5.32 Å². The van der Waals surface area contributed by atoms with Gasteiger partial charge in [-0.1, -0.05) is 36.4 Å². The van der Waals surface area contributed by atoms with E-state index >= 15 is 0 Å². The molecule has 0 radical (unpaired) electrons. The third kappa shape index (κ3) is 2.48. The Morgan fingerprint density at radius 3 is 2.88 bits per heavy atom. The monoisotopic (exact) mass is 317 g/mol. The van der Waals surface area contributed by atoms with Crippen molar-refractivity contribution in [3.05, 3.63) is 60.3 Å². The first-order chi connectivity index (χ1) is 11.7. The second-order valence-corrected chi connectivity index (χ2v) is 5.56. The van der Waals surface area contributed by atoms with Crippen molar-refractivity contribution in [3.63, 3.8) is 0 Å². The van der Waals surface area contributed by atoms with Crippen LogP contribution in [0.15, 0.2) is 59.7 Å². The lowest BCUT2D eigenvalue weighted by atomic mass is 10.0. The standard InChI is InChI=1S/C18H15N5O/c1-23-16(10-15(22-23)12-6-3-2-4-7-12)20-11-14-13-8-5-9-19-17(13)21-18(14)24/h2-11,14H,1H3,(H,19,21,24). The number of hydrogen-bond donors (Lipinski definition) is 1. The van der Waals surface area contributed by atoms with Crippen LogP contribution in [0.4, 0.5) is 11.6 Å². The second kappa shape index (κ2) is 5.73. The molecule has 3 aromatic rings. The number of pyridine rings is 1. The normalized spacial score (nSPS) is 16.4. The van der Waals surface area contributed by atoms with Crippen molar-refractivity contribution in [3.8, 4) is 11.3 Å². The molecule has 1 unspecified atom stereocenters. The zero-order valence-electron chi connectivity index (χ0n) is 13.0. The zero-order chi connectivity index (χ0) is 16.5. The first-order valence-corrected chi connectivity index (χ1v) is 7.62. The molecule has 118 valence electrons. The summed E-state index contributed by atoms with van der Waals surface area (Å²) in [6.07, 6.45) is 3.31. The summed E-state index contributed by atoms with van der Waals surface area (Å²) in [5, 5.41) is 7.25. The number of amides is 1. The lowest BCUT2D eigenvalue weighted by Crippen LogP contribution is -2.13. The van der Waals surface area contributed by atoms with Crippen molar-refractivity contribution in [2.45, 2.75) is 5.92 Å². The highest BCUT2D eigenvalue weighted by Gasteiger charge is 2.29. The predicted octanol–water partition coefficient (Wildman–Crippen LogP) is 2.92. The summed E-state index contributed by atoms with van der Waals surface area (Å²) in [6.45, 7) is 0. The number of aromatic nitrogens is 3. The Bertz CT molecular complexity index is 930. The number of nitrogens with one attached hydrogen (secondary N) is 1. The van der Waals surface area contributed by atoms with E-state index in [0.29, 0.717) is 11.6 Å². The van der Waals surface area contributed by atoms with Crippen LogP contribution in [0.3, 0.4) is 0 Å². The molecule has 6 heteroatoms. The summed E-state index contributed by atoms with van der Waals surface area (Å²) < 4.78 is 1.70. The van der Waals surface area contributed by atoms with Gasteiger partial charge in [-0.05, 0) is 6.07 Å². The average Bonchev–Trinajstić information content (AvgIpc) is 3.13. The number of rotatable bonds is 3. The molecular formula is C18H15N5O. The topological polar surface area (TPSA) is 72.2 Å². The molecule has 1 aliphatic rings. The molecule has 4 rings (SSSR count). The van der Waals surface area contributed by atoms with Crippen LogP contribution < -0.4 is 5.32 Å². The van der Waals surface area contributed by atoms with Crippen LogP contribution in [0.5, 0.6) is 0 Å². The van der Waals surface area contributed by atoms with Gasteiger partial charge < -0.3 is 5.32 Å². The van der Waals surface area contributed by atoms with Crippen LogP contribution in [0.1, 0.15) is 11.5 Å². The van der Waals surface area contributed by atoms with Crippen LogP contribution in [-0.4, -0.2) is 26.9 Å². The molecule has 0 saturated heterocycles. The first kappa shape index (κ1) is 14.3. The van der Waals surface area contributed by atoms with Crippen LogP contribution in [0.25, 0.3) is 11.3 Å². The first-order valence-electron chi connectivity index (χ1n) is 7.62. The van der Waals surface area contributed by atoms with Gasteiger partial charge in [-0.15, -0.1) is 0 Å². The number of benzene rings is 1. The lowest BCUT2D eigenvalue weighted by Gasteiger charge is -2.00. The van der Waals surface area contributed by atoms with Gasteiger partial charge in [0.2, 0.25) is 5.91 Å². The molecule has 0 bridgehead atoms. The summed E-state index contributed by atoms with van der Waals surface area (Å²) in [4.78, 5) is 20.7. The largest absolute Gasteiger partial charge is 0.310 e. The molecule has 0 fully saturated rings. The highest BCUT2D eigenvalue weighted by molar-refractivity contribution is 6.11. The predicted molar refractivity (Wildman–Crippen MR) is 92.4 cm³/mol. The SMILES string of the molecule is Cn1nc(-c2ccccc2)cc1N=CC1C(=O)Nc2ncccc21. The Kier molecular flexibility index (Phi) is 3.42. The third-order valence-corrected chi connectivity index (χ3v) is 3.98. The smallest absolute Gasteiger partial charge is 0.238 e. The number of carbonyl (C=O) groups is 1. The molecule has 0 spiro atoms. The zero-order valence-corrected chi connectivity index (χ0v) is 13.0. The Labute approximate surface area is 138 Å². The summed E-state index contributed by atoms with van der Waals surface area (Å²) in [5.41, 5.74) is 2.72. The average molecular weight is 317 g/mol. The lowest BCUT2D eigenvalue weighted by molar-refractivity contribution is -0.115. The van der Waals surface area contributed by atoms with Gasteiger partial charge in [0.1, 0.15) is 17.6 Å². The molecule has 3 heterocycles. The molecule has 6 nitrogen and oxygen atoms in total. The highest BCUT2D eigenvalue weighted by Crippen LogP contribution is 2.30. The van der Waals surface area contributed by atoms with Gasteiger partial charge >= 0.3 is 0 Å². The fourth-order valence-corrected chi connectivity index (χ4v) is 2.74. The van der Waals surface area contributed by atoms with Crippen LogP contribution in [-0.2, 0) is 11.8 Å².